The average Bonchev–Trinajstić information content (AvgIpc) is 2.64. The number of halogens is 1. The van der Waals surface area contributed by atoms with Crippen LogP contribution in [0.2, 0.25) is 0 Å². The molecule has 3 heteroatoms. The maximum absolute atomic E-state index is 3.71. The molecule has 1 aromatic rings. The molecule has 2 nitrogen and oxygen atoms in total. The van der Waals surface area contributed by atoms with Crippen molar-refractivity contribution < 1.29 is 0 Å². The Morgan fingerprint density at radius 1 is 1.00 bits per heavy atom. The summed E-state index contributed by atoms with van der Waals surface area (Å²) >= 11 is 3.71. The zero-order valence-corrected chi connectivity index (χ0v) is 12.7. The summed E-state index contributed by atoms with van der Waals surface area (Å²) < 4.78 is 1.23. The van der Waals surface area contributed by atoms with Gasteiger partial charge in [-0.2, -0.15) is 0 Å². The van der Waals surface area contributed by atoms with Crippen LogP contribution < -0.4 is 0 Å². The van der Waals surface area contributed by atoms with E-state index in [1.165, 1.54) is 35.7 Å². The minimum Gasteiger partial charge on any atom is -0.283 e. The van der Waals surface area contributed by atoms with Crippen LogP contribution in [0.5, 0.6) is 0 Å². The van der Waals surface area contributed by atoms with Crippen molar-refractivity contribution in [2.45, 2.75) is 43.9 Å². The van der Waals surface area contributed by atoms with Gasteiger partial charge in [0.25, 0.3) is 0 Å². The van der Waals surface area contributed by atoms with E-state index in [0.29, 0.717) is 6.17 Å². The highest BCUT2D eigenvalue weighted by Gasteiger charge is 2.44. The molecule has 18 heavy (non-hydrogen) atoms. The van der Waals surface area contributed by atoms with Crippen LogP contribution in [0.25, 0.3) is 0 Å². The van der Waals surface area contributed by atoms with Crippen LogP contribution in [0, 0.1) is 0 Å². The van der Waals surface area contributed by atoms with E-state index in [4.69, 9.17) is 0 Å². The molecule has 0 N–H and O–H groups in total. The van der Waals surface area contributed by atoms with Crippen LogP contribution in [0.15, 0.2) is 28.7 Å². The standard InChI is InChI=1S/C15H21BrN2/c1-17-13-9-5-6-10-14(13)18(2)15(17)11-7-3-4-8-12(11)16/h3-4,7-8,13-15H,5-6,9-10H2,1-2H3/t13-,14-/m0/s1. The van der Waals surface area contributed by atoms with Crippen LogP contribution in [-0.2, 0) is 0 Å². The van der Waals surface area contributed by atoms with E-state index in [-0.39, 0.29) is 0 Å². The van der Waals surface area contributed by atoms with Crippen LogP contribution >= 0.6 is 15.9 Å². The monoisotopic (exact) mass is 308 g/mol. The van der Waals surface area contributed by atoms with Crippen molar-refractivity contribution in [3.8, 4) is 0 Å². The van der Waals surface area contributed by atoms with Crippen molar-refractivity contribution in [3.63, 3.8) is 0 Å². The molecule has 0 spiro atoms. The first-order chi connectivity index (χ1) is 8.70. The Kier molecular flexibility index (Phi) is 3.48. The zero-order valence-electron chi connectivity index (χ0n) is 11.1. The van der Waals surface area contributed by atoms with Gasteiger partial charge in [-0.05, 0) is 38.6 Å². The predicted octanol–water partition coefficient (Wildman–Crippen LogP) is 3.64. The number of nitrogens with zero attached hydrogens (tertiary/aromatic N) is 2. The summed E-state index contributed by atoms with van der Waals surface area (Å²) in [5.74, 6) is 0. The number of benzene rings is 1. The van der Waals surface area contributed by atoms with E-state index in [0.717, 1.165) is 12.1 Å². The molecule has 0 amide bonds. The Morgan fingerprint density at radius 2 is 1.56 bits per heavy atom. The number of likely N-dealkylation sites (N-methyl/N-ethyl adjacent to an activating group) is 2. The largest absolute Gasteiger partial charge is 0.283 e. The first-order valence-electron chi connectivity index (χ1n) is 6.88. The molecule has 2 atom stereocenters. The SMILES string of the molecule is CN1C(c2ccccc2Br)N(C)[C@H]2CCCC[C@@H]21. The Balaban J connectivity index is 1.95. The van der Waals surface area contributed by atoms with Crippen molar-refractivity contribution >= 4 is 15.9 Å². The van der Waals surface area contributed by atoms with Crippen LogP contribution in [-0.4, -0.2) is 36.0 Å². The highest BCUT2D eigenvalue weighted by molar-refractivity contribution is 9.10. The highest BCUT2D eigenvalue weighted by Crippen LogP contribution is 2.42. The molecule has 2 fully saturated rings. The molecule has 3 rings (SSSR count). The lowest BCUT2D eigenvalue weighted by atomic mass is 9.91. The van der Waals surface area contributed by atoms with Gasteiger partial charge in [-0.1, -0.05) is 47.0 Å². The maximum Gasteiger partial charge on any atom is 0.0898 e. The smallest absolute Gasteiger partial charge is 0.0898 e. The summed E-state index contributed by atoms with van der Waals surface area (Å²) in [5, 5.41) is 0. The Hall–Kier alpha value is -0.380. The van der Waals surface area contributed by atoms with Gasteiger partial charge >= 0.3 is 0 Å². The quantitative estimate of drug-likeness (QED) is 0.781. The molecule has 2 aliphatic rings. The van der Waals surface area contributed by atoms with E-state index in [9.17, 15) is 0 Å². The van der Waals surface area contributed by atoms with E-state index in [2.05, 4.69) is 64.1 Å². The van der Waals surface area contributed by atoms with Gasteiger partial charge in [0, 0.05) is 16.6 Å². The molecule has 0 aromatic heterocycles. The van der Waals surface area contributed by atoms with Crippen molar-refractivity contribution in [1.29, 1.82) is 0 Å². The van der Waals surface area contributed by atoms with E-state index in [1.54, 1.807) is 0 Å². The van der Waals surface area contributed by atoms with Gasteiger partial charge in [0.15, 0.2) is 0 Å². The minimum absolute atomic E-state index is 0.425. The summed E-state index contributed by atoms with van der Waals surface area (Å²) in [6.45, 7) is 0. The van der Waals surface area contributed by atoms with Gasteiger partial charge in [0.2, 0.25) is 0 Å². The maximum atomic E-state index is 3.71. The third-order valence-corrected chi connectivity index (χ3v) is 5.42. The fourth-order valence-corrected chi connectivity index (χ4v) is 4.30. The van der Waals surface area contributed by atoms with Crippen molar-refractivity contribution in [1.82, 2.24) is 9.80 Å². The van der Waals surface area contributed by atoms with Gasteiger partial charge in [-0.3, -0.25) is 9.80 Å². The molecule has 98 valence electrons. The van der Waals surface area contributed by atoms with Gasteiger partial charge in [-0.15, -0.1) is 0 Å². The molecule has 0 unspecified atom stereocenters. The summed E-state index contributed by atoms with van der Waals surface area (Å²) in [4.78, 5) is 5.15. The Labute approximate surface area is 118 Å². The summed E-state index contributed by atoms with van der Waals surface area (Å²) in [6.07, 6.45) is 5.91. The van der Waals surface area contributed by atoms with Crippen molar-refractivity contribution in [2.24, 2.45) is 0 Å². The molecule has 1 aliphatic heterocycles. The lowest BCUT2D eigenvalue weighted by Crippen LogP contribution is -2.37. The number of hydrogen-bond acceptors (Lipinski definition) is 2. The second-order valence-corrected chi connectivity index (χ2v) is 6.50. The molecule has 0 bridgehead atoms. The van der Waals surface area contributed by atoms with Crippen LogP contribution in [0.3, 0.4) is 0 Å². The third kappa shape index (κ3) is 1.93. The second kappa shape index (κ2) is 4.95. The Bertz CT molecular complexity index is 416. The Morgan fingerprint density at radius 3 is 2.11 bits per heavy atom. The second-order valence-electron chi connectivity index (χ2n) is 5.65. The highest BCUT2D eigenvalue weighted by atomic mass is 79.9. The van der Waals surface area contributed by atoms with Gasteiger partial charge in [0.1, 0.15) is 0 Å². The molecular weight excluding hydrogens is 288 g/mol. The normalized spacial score (nSPS) is 30.6. The average molecular weight is 309 g/mol. The lowest BCUT2D eigenvalue weighted by Gasteiger charge is -2.29. The van der Waals surface area contributed by atoms with Crippen molar-refractivity contribution in [2.75, 3.05) is 14.1 Å². The van der Waals surface area contributed by atoms with Crippen molar-refractivity contribution in [3.05, 3.63) is 34.3 Å². The first-order valence-corrected chi connectivity index (χ1v) is 7.68. The molecule has 1 aliphatic carbocycles. The fraction of sp³-hybridized carbons (Fsp3) is 0.600. The van der Waals surface area contributed by atoms with Crippen LogP contribution in [0.4, 0.5) is 0 Å². The van der Waals surface area contributed by atoms with E-state index >= 15 is 0 Å². The topological polar surface area (TPSA) is 6.48 Å². The molecule has 1 aromatic carbocycles. The molecule has 1 heterocycles. The van der Waals surface area contributed by atoms with Gasteiger partial charge < -0.3 is 0 Å². The first kappa shape index (κ1) is 12.6. The van der Waals surface area contributed by atoms with Crippen LogP contribution in [0.1, 0.15) is 37.4 Å². The van der Waals surface area contributed by atoms with Gasteiger partial charge in [0.05, 0.1) is 6.17 Å². The predicted molar refractivity (Wildman–Crippen MR) is 78.5 cm³/mol. The van der Waals surface area contributed by atoms with Gasteiger partial charge in [-0.25, -0.2) is 0 Å². The summed E-state index contributed by atoms with van der Waals surface area (Å²) in [5.41, 5.74) is 1.40. The fourth-order valence-electron chi connectivity index (χ4n) is 3.82. The minimum atomic E-state index is 0.425. The van der Waals surface area contributed by atoms with E-state index in [1.807, 2.05) is 0 Å². The number of hydrogen-bond donors (Lipinski definition) is 0. The van der Waals surface area contributed by atoms with E-state index < -0.39 is 0 Å². The molecule has 1 saturated carbocycles. The third-order valence-electron chi connectivity index (χ3n) is 4.70. The number of fused-ring (bicyclic) bond motifs is 1. The lowest BCUT2D eigenvalue weighted by molar-refractivity contribution is 0.164. The number of rotatable bonds is 1. The molecule has 1 saturated heterocycles. The molecular formula is C15H21BrN2. The molecule has 0 radical (unpaired) electrons. The summed E-state index contributed by atoms with van der Waals surface area (Å²) in [7, 11) is 4.58. The summed E-state index contributed by atoms with van der Waals surface area (Å²) in [6, 6.07) is 10.1. The zero-order chi connectivity index (χ0) is 12.7.